The zero-order valence-corrected chi connectivity index (χ0v) is 41.3. The first kappa shape index (κ1) is 59.9. The Kier molecular flexibility index (Phi) is 48.9. The Morgan fingerprint density at radius 1 is 0.333 bits per heavy atom. The number of carbonyl (C=O) groups is 3. The molecule has 362 valence electrons. The van der Waals surface area contributed by atoms with Crippen LogP contribution in [0.3, 0.4) is 0 Å². The SMILES string of the molecule is CC/C=C/C/C=C/C/C=C/CCCCCCCC(=O)OC(COC(=O)CCCCCCC/C=C/C/C=C/CCCCC)COC(=O)CCCCCCC/C=C/CCCCCCCC. The average molecular weight is 879 g/mol. The van der Waals surface area contributed by atoms with Crippen LogP contribution in [0.2, 0.25) is 0 Å². The van der Waals surface area contributed by atoms with Gasteiger partial charge < -0.3 is 14.2 Å². The molecule has 0 spiro atoms. The standard InChI is InChI=1S/C57H98O6/c1-4-7-10-13-16-19-22-25-28-31-34-37-40-43-46-49-55(58)61-52-54(63-57(60)51-48-45-42-39-36-33-30-27-24-21-18-15-12-9-6-3)53-62-56(59)50-47-44-41-38-35-32-29-26-23-20-17-14-11-8-5-2/h9,12,16,18-19,21,25-30,54H,4-8,10-11,13-15,17,20,22-24,31-53H2,1-3H3/b12-9+,19-16+,21-18+,28-25+,29-26+,30-27+. The van der Waals surface area contributed by atoms with Gasteiger partial charge in [-0.25, -0.2) is 0 Å². The van der Waals surface area contributed by atoms with Gasteiger partial charge in [-0.05, 0) is 109 Å². The molecule has 0 saturated carbocycles. The van der Waals surface area contributed by atoms with E-state index in [1.807, 2.05) is 0 Å². The van der Waals surface area contributed by atoms with Gasteiger partial charge in [-0.15, -0.1) is 0 Å². The van der Waals surface area contributed by atoms with Crippen LogP contribution in [0.15, 0.2) is 72.9 Å². The summed E-state index contributed by atoms with van der Waals surface area (Å²) in [5, 5.41) is 0. The Bertz CT molecular complexity index is 1190. The normalized spacial score (nSPS) is 12.6. The highest BCUT2D eigenvalue weighted by Crippen LogP contribution is 2.14. The summed E-state index contributed by atoms with van der Waals surface area (Å²) < 4.78 is 16.8. The number of ether oxygens (including phenoxy) is 3. The smallest absolute Gasteiger partial charge is 0.306 e. The second kappa shape index (κ2) is 51.5. The lowest BCUT2D eigenvalue weighted by Crippen LogP contribution is -2.30. The molecule has 63 heavy (non-hydrogen) atoms. The molecular formula is C57H98O6. The summed E-state index contributed by atoms with van der Waals surface area (Å²) >= 11 is 0. The molecule has 0 aliphatic rings. The fourth-order valence-corrected chi connectivity index (χ4v) is 7.19. The second-order valence-electron chi connectivity index (χ2n) is 17.4. The van der Waals surface area contributed by atoms with Crippen molar-refractivity contribution in [2.24, 2.45) is 0 Å². The minimum Gasteiger partial charge on any atom is -0.462 e. The van der Waals surface area contributed by atoms with E-state index in [1.54, 1.807) is 0 Å². The summed E-state index contributed by atoms with van der Waals surface area (Å²) in [6, 6.07) is 0. The van der Waals surface area contributed by atoms with Crippen LogP contribution < -0.4 is 0 Å². The Hall–Kier alpha value is -3.15. The Labute approximate surface area is 389 Å². The molecule has 0 aromatic rings. The maximum Gasteiger partial charge on any atom is 0.306 e. The van der Waals surface area contributed by atoms with Crippen LogP contribution in [0.4, 0.5) is 0 Å². The lowest BCUT2D eigenvalue weighted by atomic mass is 10.1. The molecule has 0 radical (unpaired) electrons. The van der Waals surface area contributed by atoms with Crippen LogP contribution in [-0.2, 0) is 28.6 Å². The van der Waals surface area contributed by atoms with E-state index < -0.39 is 6.10 Å². The third kappa shape index (κ3) is 49.7. The van der Waals surface area contributed by atoms with Crippen molar-refractivity contribution in [1.29, 1.82) is 0 Å². The molecule has 0 fully saturated rings. The van der Waals surface area contributed by atoms with Crippen molar-refractivity contribution in [2.75, 3.05) is 13.2 Å². The number of carbonyl (C=O) groups excluding carboxylic acids is 3. The van der Waals surface area contributed by atoms with Crippen LogP contribution in [0.5, 0.6) is 0 Å². The quantitative estimate of drug-likeness (QED) is 0.0262. The Balaban J connectivity index is 4.45. The van der Waals surface area contributed by atoms with Gasteiger partial charge >= 0.3 is 17.9 Å². The molecule has 0 saturated heterocycles. The lowest BCUT2D eigenvalue weighted by Gasteiger charge is -2.18. The number of esters is 3. The highest BCUT2D eigenvalue weighted by Gasteiger charge is 2.19. The summed E-state index contributed by atoms with van der Waals surface area (Å²) in [4.78, 5) is 38.0. The van der Waals surface area contributed by atoms with Crippen molar-refractivity contribution in [3.8, 4) is 0 Å². The van der Waals surface area contributed by atoms with Crippen LogP contribution >= 0.6 is 0 Å². The van der Waals surface area contributed by atoms with E-state index >= 15 is 0 Å². The van der Waals surface area contributed by atoms with E-state index in [2.05, 4.69) is 93.7 Å². The zero-order chi connectivity index (χ0) is 45.8. The van der Waals surface area contributed by atoms with E-state index in [9.17, 15) is 14.4 Å². The maximum atomic E-state index is 12.8. The van der Waals surface area contributed by atoms with E-state index in [4.69, 9.17) is 14.2 Å². The minimum atomic E-state index is -0.793. The molecule has 0 amide bonds. The van der Waals surface area contributed by atoms with Crippen molar-refractivity contribution in [3.63, 3.8) is 0 Å². The summed E-state index contributed by atoms with van der Waals surface area (Å²) in [7, 11) is 0. The number of hydrogen-bond acceptors (Lipinski definition) is 6. The Morgan fingerprint density at radius 3 is 1.02 bits per heavy atom. The monoisotopic (exact) mass is 879 g/mol. The van der Waals surface area contributed by atoms with Gasteiger partial charge in [0.2, 0.25) is 0 Å². The number of rotatable bonds is 47. The van der Waals surface area contributed by atoms with Crippen molar-refractivity contribution in [1.82, 2.24) is 0 Å². The van der Waals surface area contributed by atoms with Gasteiger partial charge in [-0.2, -0.15) is 0 Å². The molecule has 1 atom stereocenters. The average Bonchev–Trinajstić information content (AvgIpc) is 3.28. The molecule has 0 aromatic carbocycles. The van der Waals surface area contributed by atoms with Gasteiger partial charge in [0, 0.05) is 19.3 Å². The van der Waals surface area contributed by atoms with Crippen molar-refractivity contribution in [2.45, 2.75) is 258 Å². The van der Waals surface area contributed by atoms with Crippen molar-refractivity contribution in [3.05, 3.63) is 72.9 Å². The fraction of sp³-hybridized carbons (Fsp3) is 0.737. The molecule has 0 aliphatic heterocycles. The lowest BCUT2D eigenvalue weighted by molar-refractivity contribution is -0.167. The van der Waals surface area contributed by atoms with Crippen molar-refractivity contribution >= 4 is 17.9 Å². The van der Waals surface area contributed by atoms with Gasteiger partial charge in [0.05, 0.1) is 0 Å². The molecule has 0 heterocycles. The molecule has 0 bridgehead atoms. The highest BCUT2D eigenvalue weighted by molar-refractivity contribution is 5.71. The molecule has 0 aliphatic carbocycles. The first-order valence-corrected chi connectivity index (χ1v) is 26.4. The zero-order valence-electron chi connectivity index (χ0n) is 41.3. The number of hydrogen-bond donors (Lipinski definition) is 0. The summed E-state index contributed by atoms with van der Waals surface area (Å²) in [6.45, 7) is 6.46. The fourth-order valence-electron chi connectivity index (χ4n) is 7.19. The Morgan fingerprint density at radius 2 is 0.619 bits per heavy atom. The predicted octanol–water partition coefficient (Wildman–Crippen LogP) is 17.4. The molecule has 0 rings (SSSR count). The van der Waals surface area contributed by atoms with E-state index in [1.165, 1.54) is 83.5 Å². The van der Waals surface area contributed by atoms with E-state index in [0.717, 1.165) is 128 Å². The number of allylic oxidation sites excluding steroid dienone is 12. The molecule has 6 nitrogen and oxygen atoms in total. The molecular weight excluding hydrogens is 781 g/mol. The van der Waals surface area contributed by atoms with Crippen molar-refractivity contribution < 1.29 is 28.6 Å². The van der Waals surface area contributed by atoms with Crippen LogP contribution in [-0.4, -0.2) is 37.2 Å². The van der Waals surface area contributed by atoms with Gasteiger partial charge in [0.1, 0.15) is 13.2 Å². The first-order valence-electron chi connectivity index (χ1n) is 26.4. The van der Waals surface area contributed by atoms with Gasteiger partial charge in [0.15, 0.2) is 6.10 Å². The van der Waals surface area contributed by atoms with E-state index in [-0.39, 0.29) is 31.1 Å². The number of unbranched alkanes of at least 4 members (excludes halogenated alkanes) is 24. The summed E-state index contributed by atoms with van der Waals surface area (Å²) in [5.41, 5.74) is 0. The van der Waals surface area contributed by atoms with Gasteiger partial charge in [0.25, 0.3) is 0 Å². The molecule has 0 aromatic heterocycles. The highest BCUT2D eigenvalue weighted by atomic mass is 16.6. The largest absolute Gasteiger partial charge is 0.462 e. The molecule has 0 N–H and O–H groups in total. The topological polar surface area (TPSA) is 78.9 Å². The third-order valence-corrected chi connectivity index (χ3v) is 11.2. The first-order chi connectivity index (χ1) is 31.0. The molecule has 1 unspecified atom stereocenters. The molecule has 6 heteroatoms. The third-order valence-electron chi connectivity index (χ3n) is 11.2. The van der Waals surface area contributed by atoms with Crippen LogP contribution in [0, 0.1) is 0 Å². The van der Waals surface area contributed by atoms with Crippen LogP contribution in [0.1, 0.15) is 252 Å². The predicted molar refractivity (Wildman–Crippen MR) is 270 cm³/mol. The van der Waals surface area contributed by atoms with Gasteiger partial charge in [-0.3, -0.25) is 14.4 Å². The van der Waals surface area contributed by atoms with E-state index in [0.29, 0.717) is 19.3 Å². The maximum absolute atomic E-state index is 12.8. The summed E-state index contributed by atoms with van der Waals surface area (Å²) in [6.07, 6.45) is 64.5. The second-order valence-corrected chi connectivity index (χ2v) is 17.4. The van der Waals surface area contributed by atoms with Crippen LogP contribution in [0.25, 0.3) is 0 Å². The van der Waals surface area contributed by atoms with Gasteiger partial charge in [-0.1, -0.05) is 196 Å². The minimum absolute atomic E-state index is 0.0914. The summed E-state index contributed by atoms with van der Waals surface area (Å²) in [5.74, 6) is -0.928.